The van der Waals surface area contributed by atoms with Crippen LogP contribution in [0.15, 0.2) is 0 Å². The second-order valence-corrected chi connectivity index (χ2v) is 1.58. The average molecular weight is 100 g/mol. The first kappa shape index (κ1) is 5.06. The minimum Gasteiger partial charge on any atom is -0.350 e. The fourth-order valence-corrected chi connectivity index (χ4v) is 0.555. The lowest BCUT2D eigenvalue weighted by Gasteiger charge is -1.98. The van der Waals surface area contributed by atoms with Gasteiger partial charge in [0, 0.05) is 0 Å². The molecule has 7 heavy (non-hydrogen) atoms. The van der Waals surface area contributed by atoms with Gasteiger partial charge in [0.15, 0.2) is 6.29 Å². The fourth-order valence-electron chi connectivity index (χ4n) is 0.555. The zero-order chi connectivity index (χ0) is 5.28. The third-order valence-electron chi connectivity index (χ3n) is 0.862. The van der Waals surface area contributed by atoms with Crippen molar-refractivity contribution in [3.05, 3.63) is 6.92 Å². The first-order valence-electron chi connectivity index (χ1n) is 2.31. The van der Waals surface area contributed by atoms with Gasteiger partial charge in [-0.1, -0.05) is 0 Å². The molecule has 0 aromatic heterocycles. The summed E-state index contributed by atoms with van der Waals surface area (Å²) in [4.78, 5) is 0. The number of ether oxygens (including phenoxy) is 2. The molecule has 2 nitrogen and oxygen atoms in total. The summed E-state index contributed by atoms with van der Waals surface area (Å²) in [6, 6.07) is 0. The molecule has 1 fully saturated rings. The van der Waals surface area contributed by atoms with Gasteiger partial charge in [-0.3, -0.25) is 0 Å². The predicted octanol–water partition coefficient (Wildman–Crippen LogP) is 0.459. The Hall–Kier alpha value is -0.0800. The molecule has 2 unspecified atom stereocenters. The van der Waals surface area contributed by atoms with Gasteiger partial charge in [-0.25, -0.2) is 0 Å². The number of rotatable bonds is 0. The van der Waals surface area contributed by atoms with Crippen LogP contribution in [0, 0.1) is 6.92 Å². The van der Waals surface area contributed by atoms with Crippen molar-refractivity contribution in [2.75, 3.05) is 6.61 Å². The molecule has 2 radical (unpaired) electrons. The lowest BCUT2D eigenvalue weighted by Crippen LogP contribution is -2.04. The van der Waals surface area contributed by atoms with Gasteiger partial charge in [-0.05, 0) is 13.8 Å². The summed E-state index contributed by atoms with van der Waals surface area (Å²) in [7, 11) is 0. The summed E-state index contributed by atoms with van der Waals surface area (Å²) in [6.45, 7) is 7.63. The molecule has 0 N–H and O–H groups in total. The highest BCUT2D eigenvalue weighted by atomic mass is 16.7. The van der Waals surface area contributed by atoms with Gasteiger partial charge in [0.2, 0.25) is 0 Å². The number of hydrogen-bond donors (Lipinski definition) is 0. The molecular formula is C5H8O2. The molecule has 0 bridgehead atoms. The van der Waals surface area contributed by atoms with Gasteiger partial charge in [0.05, 0.1) is 12.7 Å². The van der Waals surface area contributed by atoms with E-state index in [1.165, 1.54) is 0 Å². The lowest BCUT2D eigenvalue weighted by molar-refractivity contribution is -0.0352. The van der Waals surface area contributed by atoms with Gasteiger partial charge in [0.1, 0.15) is 0 Å². The molecule has 1 aliphatic heterocycles. The summed E-state index contributed by atoms with van der Waals surface area (Å²) < 4.78 is 9.83. The molecule has 1 aliphatic rings. The van der Waals surface area contributed by atoms with Gasteiger partial charge in [-0.2, -0.15) is 0 Å². The molecule has 0 spiro atoms. The Morgan fingerprint density at radius 3 is 2.57 bits per heavy atom. The Balaban J connectivity index is 2.26. The maximum Gasteiger partial charge on any atom is 0.155 e. The van der Waals surface area contributed by atoms with Crippen LogP contribution in [0.1, 0.15) is 6.92 Å². The van der Waals surface area contributed by atoms with Crippen LogP contribution in [0.2, 0.25) is 0 Å². The Morgan fingerprint density at radius 1 is 1.71 bits per heavy atom. The Bertz CT molecular complexity index is 55.1. The van der Waals surface area contributed by atoms with Gasteiger partial charge in [0.25, 0.3) is 0 Å². The van der Waals surface area contributed by atoms with Gasteiger partial charge in [-0.15, -0.1) is 0 Å². The van der Waals surface area contributed by atoms with Crippen molar-refractivity contribution in [1.29, 1.82) is 0 Å². The molecule has 1 rings (SSSR count). The van der Waals surface area contributed by atoms with Crippen molar-refractivity contribution in [1.82, 2.24) is 0 Å². The third kappa shape index (κ3) is 1.14. The normalized spacial score (nSPS) is 42.0. The third-order valence-corrected chi connectivity index (χ3v) is 0.862. The fraction of sp³-hybridized carbons (Fsp3) is 0.800. The van der Waals surface area contributed by atoms with Crippen LogP contribution < -0.4 is 0 Å². The van der Waals surface area contributed by atoms with E-state index < -0.39 is 0 Å². The maximum atomic E-state index is 5.28. The molecule has 2 heteroatoms. The van der Waals surface area contributed by atoms with E-state index in [-0.39, 0.29) is 12.4 Å². The minimum atomic E-state index is -0.199. The molecule has 1 heterocycles. The predicted molar refractivity (Wildman–Crippen MR) is 24.6 cm³/mol. The van der Waals surface area contributed by atoms with E-state index in [0.29, 0.717) is 6.61 Å². The van der Waals surface area contributed by atoms with E-state index in [1.807, 2.05) is 6.92 Å². The number of hydrogen-bond acceptors (Lipinski definition) is 2. The maximum absolute atomic E-state index is 5.28. The Labute approximate surface area is 43.4 Å². The van der Waals surface area contributed by atoms with Crippen LogP contribution in [0.5, 0.6) is 0 Å². The topological polar surface area (TPSA) is 18.5 Å². The van der Waals surface area contributed by atoms with Crippen LogP contribution >= 0.6 is 0 Å². The molecule has 2 atom stereocenters. The minimum absolute atomic E-state index is 0.102. The van der Waals surface area contributed by atoms with Crippen molar-refractivity contribution in [3.63, 3.8) is 0 Å². The highest BCUT2D eigenvalue weighted by Gasteiger charge is 2.16. The SMILES string of the molecule is [CH]C1COC(C)O1. The first-order chi connectivity index (χ1) is 3.29. The molecule has 1 saturated heterocycles. The van der Waals surface area contributed by atoms with Crippen LogP contribution in [0.3, 0.4) is 0 Å². The largest absolute Gasteiger partial charge is 0.350 e. The Kier molecular flexibility index (Phi) is 1.30. The van der Waals surface area contributed by atoms with Crippen molar-refractivity contribution >= 4 is 0 Å². The van der Waals surface area contributed by atoms with Gasteiger partial charge < -0.3 is 9.47 Å². The van der Waals surface area contributed by atoms with E-state index >= 15 is 0 Å². The lowest BCUT2D eigenvalue weighted by atomic mass is 10.5. The molecule has 0 aromatic carbocycles. The van der Waals surface area contributed by atoms with E-state index in [1.54, 1.807) is 0 Å². The first-order valence-corrected chi connectivity index (χ1v) is 2.31. The Morgan fingerprint density at radius 2 is 2.43 bits per heavy atom. The van der Waals surface area contributed by atoms with Crippen LogP contribution in [0.4, 0.5) is 0 Å². The van der Waals surface area contributed by atoms with Gasteiger partial charge >= 0.3 is 0 Å². The average Bonchev–Trinajstić information content (AvgIpc) is 1.87. The monoisotopic (exact) mass is 100 g/mol. The van der Waals surface area contributed by atoms with E-state index in [9.17, 15) is 0 Å². The second-order valence-electron chi connectivity index (χ2n) is 1.58. The summed E-state index contributed by atoms with van der Waals surface area (Å²) in [5, 5.41) is 0. The van der Waals surface area contributed by atoms with Crippen LogP contribution in [-0.4, -0.2) is 19.0 Å². The summed E-state index contributed by atoms with van der Waals surface area (Å²) >= 11 is 0. The van der Waals surface area contributed by atoms with Crippen molar-refractivity contribution in [2.45, 2.75) is 19.3 Å². The summed E-state index contributed by atoms with van der Waals surface area (Å²) in [6.07, 6.45) is -0.301. The molecule has 0 aliphatic carbocycles. The standard InChI is InChI=1S/C5H8O2/c1-4-3-6-5(2)7-4/h1,4-5H,3H2,2H3. The van der Waals surface area contributed by atoms with Crippen LogP contribution in [-0.2, 0) is 9.47 Å². The molecular weight excluding hydrogens is 92.1 g/mol. The molecule has 0 saturated carbocycles. The molecule has 0 amide bonds. The quantitative estimate of drug-likeness (QED) is 0.440. The highest BCUT2D eigenvalue weighted by Crippen LogP contribution is 2.07. The van der Waals surface area contributed by atoms with E-state index in [4.69, 9.17) is 16.4 Å². The second kappa shape index (κ2) is 1.80. The van der Waals surface area contributed by atoms with E-state index in [0.717, 1.165) is 0 Å². The molecule has 40 valence electrons. The van der Waals surface area contributed by atoms with E-state index in [2.05, 4.69) is 0 Å². The van der Waals surface area contributed by atoms with Crippen molar-refractivity contribution in [2.24, 2.45) is 0 Å². The smallest absolute Gasteiger partial charge is 0.155 e. The summed E-state index contributed by atoms with van der Waals surface area (Å²) in [5.74, 6) is 0. The highest BCUT2D eigenvalue weighted by molar-refractivity contribution is 4.63. The zero-order valence-corrected chi connectivity index (χ0v) is 4.26. The zero-order valence-electron chi connectivity index (χ0n) is 4.26. The van der Waals surface area contributed by atoms with Crippen molar-refractivity contribution in [3.8, 4) is 0 Å². The van der Waals surface area contributed by atoms with Crippen molar-refractivity contribution < 1.29 is 9.47 Å². The molecule has 0 aromatic rings. The summed E-state index contributed by atoms with van der Waals surface area (Å²) in [5.41, 5.74) is 0. The van der Waals surface area contributed by atoms with Crippen LogP contribution in [0.25, 0.3) is 0 Å².